The Hall–Kier alpha value is -0.940. The van der Waals surface area contributed by atoms with Gasteiger partial charge in [-0.05, 0) is 18.8 Å². The van der Waals surface area contributed by atoms with E-state index in [0.717, 1.165) is 6.42 Å². The van der Waals surface area contributed by atoms with Crippen LogP contribution in [0.1, 0.15) is 26.7 Å². The van der Waals surface area contributed by atoms with Crippen LogP contribution in [-0.2, 0) is 9.59 Å². The van der Waals surface area contributed by atoms with Crippen molar-refractivity contribution in [2.45, 2.75) is 38.8 Å². The number of carbonyl (C=O) groups excluding carboxylic acids is 2. The van der Waals surface area contributed by atoms with E-state index in [-0.39, 0.29) is 30.2 Å². The van der Waals surface area contributed by atoms with E-state index >= 15 is 0 Å². The Balaban J connectivity index is 2.71. The molecule has 0 radical (unpaired) electrons. The molecular weight excluding hydrogens is 206 g/mol. The fraction of sp³-hybridized carbons (Fsp3) is 0.818. The van der Waals surface area contributed by atoms with E-state index in [2.05, 4.69) is 0 Å². The number of hydrogen-bond acceptors (Lipinski definition) is 4. The van der Waals surface area contributed by atoms with E-state index in [1.54, 1.807) is 4.90 Å². The van der Waals surface area contributed by atoms with Crippen molar-refractivity contribution in [3.63, 3.8) is 0 Å². The minimum atomic E-state index is -0.522. The number of amides is 1. The van der Waals surface area contributed by atoms with Crippen molar-refractivity contribution in [1.82, 2.24) is 4.90 Å². The molecule has 0 aromatic carbocycles. The highest BCUT2D eigenvalue weighted by Gasteiger charge is 2.35. The van der Waals surface area contributed by atoms with Crippen molar-refractivity contribution in [2.75, 3.05) is 13.1 Å². The SMILES string of the molecule is CC(C)C(N)C(=O)N1CCCC1C(=O)CN. The van der Waals surface area contributed by atoms with Crippen molar-refractivity contribution >= 4 is 11.7 Å². The van der Waals surface area contributed by atoms with Crippen molar-refractivity contribution in [3.8, 4) is 0 Å². The lowest BCUT2D eigenvalue weighted by atomic mass is 10.0. The molecule has 1 fully saturated rings. The summed E-state index contributed by atoms with van der Waals surface area (Å²) in [5.41, 5.74) is 11.1. The van der Waals surface area contributed by atoms with Gasteiger partial charge < -0.3 is 16.4 Å². The molecule has 0 aromatic rings. The zero-order chi connectivity index (χ0) is 12.3. The van der Waals surface area contributed by atoms with Crippen LogP contribution in [0.3, 0.4) is 0 Å². The highest BCUT2D eigenvalue weighted by atomic mass is 16.2. The average molecular weight is 227 g/mol. The molecule has 1 aliphatic rings. The summed E-state index contributed by atoms with van der Waals surface area (Å²) in [7, 11) is 0. The van der Waals surface area contributed by atoms with Gasteiger partial charge in [0.2, 0.25) is 5.91 Å². The molecule has 2 unspecified atom stereocenters. The number of likely N-dealkylation sites (tertiary alicyclic amines) is 1. The molecule has 1 amide bonds. The first-order valence-electron chi connectivity index (χ1n) is 5.78. The topological polar surface area (TPSA) is 89.4 Å². The van der Waals surface area contributed by atoms with Gasteiger partial charge in [-0.15, -0.1) is 0 Å². The molecule has 0 aromatic heterocycles. The third-order valence-electron chi connectivity index (χ3n) is 3.11. The van der Waals surface area contributed by atoms with Gasteiger partial charge >= 0.3 is 0 Å². The summed E-state index contributed by atoms with van der Waals surface area (Å²) in [6, 6.07) is -0.867. The molecule has 1 saturated heterocycles. The standard InChI is InChI=1S/C11H21N3O2/c1-7(2)10(13)11(16)14-5-3-4-8(14)9(15)6-12/h7-8,10H,3-6,12-13H2,1-2H3. The molecule has 2 atom stereocenters. The fourth-order valence-corrected chi connectivity index (χ4v) is 1.98. The first-order valence-corrected chi connectivity index (χ1v) is 5.78. The van der Waals surface area contributed by atoms with E-state index in [4.69, 9.17) is 11.5 Å². The molecule has 0 aliphatic carbocycles. The largest absolute Gasteiger partial charge is 0.331 e. The van der Waals surface area contributed by atoms with Gasteiger partial charge in [-0.1, -0.05) is 13.8 Å². The average Bonchev–Trinajstić information content (AvgIpc) is 2.74. The maximum Gasteiger partial charge on any atom is 0.240 e. The van der Waals surface area contributed by atoms with Gasteiger partial charge in [0, 0.05) is 6.54 Å². The minimum Gasteiger partial charge on any atom is -0.331 e. The molecule has 1 heterocycles. The quantitative estimate of drug-likeness (QED) is 0.677. The maximum atomic E-state index is 12.0. The zero-order valence-corrected chi connectivity index (χ0v) is 9.98. The van der Waals surface area contributed by atoms with Gasteiger partial charge in [-0.25, -0.2) is 0 Å². The lowest BCUT2D eigenvalue weighted by molar-refractivity contribution is -0.138. The van der Waals surface area contributed by atoms with Crippen molar-refractivity contribution in [3.05, 3.63) is 0 Å². The van der Waals surface area contributed by atoms with Gasteiger partial charge in [-0.2, -0.15) is 0 Å². The van der Waals surface area contributed by atoms with Crippen LogP contribution in [-0.4, -0.2) is 41.8 Å². The Bertz CT molecular complexity index is 278. The van der Waals surface area contributed by atoms with E-state index in [1.807, 2.05) is 13.8 Å². The van der Waals surface area contributed by atoms with Crippen molar-refractivity contribution < 1.29 is 9.59 Å². The molecule has 4 N–H and O–H groups in total. The first kappa shape index (κ1) is 13.1. The second-order valence-corrected chi connectivity index (χ2v) is 4.63. The second-order valence-electron chi connectivity index (χ2n) is 4.63. The Morgan fingerprint density at radius 2 is 2.06 bits per heavy atom. The number of ketones is 1. The van der Waals surface area contributed by atoms with Crippen LogP contribution in [0.25, 0.3) is 0 Å². The third kappa shape index (κ3) is 2.59. The van der Waals surface area contributed by atoms with Gasteiger partial charge in [-0.3, -0.25) is 9.59 Å². The monoisotopic (exact) mass is 227 g/mol. The van der Waals surface area contributed by atoms with Crippen LogP contribution in [0, 0.1) is 5.92 Å². The minimum absolute atomic E-state index is 0.00857. The summed E-state index contributed by atoms with van der Waals surface area (Å²) < 4.78 is 0. The first-order chi connectivity index (χ1) is 7.49. The van der Waals surface area contributed by atoms with Crippen LogP contribution in [0.4, 0.5) is 0 Å². The Labute approximate surface area is 96.1 Å². The van der Waals surface area contributed by atoms with Crippen molar-refractivity contribution in [1.29, 1.82) is 0 Å². The van der Waals surface area contributed by atoms with Gasteiger partial charge in [0.05, 0.1) is 18.6 Å². The number of nitrogens with zero attached hydrogens (tertiary/aromatic N) is 1. The molecule has 5 heteroatoms. The maximum absolute atomic E-state index is 12.0. The Kier molecular flexibility index (Phi) is 4.44. The number of nitrogens with two attached hydrogens (primary N) is 2. The van der Waals surface area contributed by atoms with Crippen LogP contribution < -0.4 is 11.5 Å². The number of carbonyl (C=O) groups is 2. The third-order valence-corrected chi connectivity index (χ3v) is 3.11. The summed E-state index contributed by atoms with van der Waals surface area (Å²) in [5, 5.41) is 0. The molecule has 92 valence electrons. The highest BCUT2D eigenvalue weighted by Crippen LogP contribution is 2.19. The summed E-state index contributed by atoms with van der Waals surface area (Å²) in [4.78, 5) is 25.2. The highest BCUT2D eigenvalue weighted by molar-refractivity contribution is 5.92. The van der Waals surface area contributed by atoms with Crippen LogP contribution in [0.5, 0.6) is 0 Å². The molecule has 1 aliphatic heterocycles. The Morgan fingerprint density at radius 3 is 2.56 bits per heavy atom. The van der Waals surface area contributed by atoms with Gasteiger partial charge in [0.15, 0.2) is 5.78 Å². The lowest BCUT2D eigenvalue weighted by Gasteiger charge is -2.27. The fourth-order valence-electron chi connectivity index (χ4n) is 1.98. The predicted molar refractivity (Wildman–Crippen MR) is 61.6 cm³/mol. The number of rotatable bonds is 4. The smallest absolute Gasteiger partial charge is 0.240 e. The van der Waals surface area contributed by atoms with E-state index in [0.29, 0.717) is 13.0 Å². The predicted octanol–water partition coefficient (Wildman–Crippen LogP) is -0.511. The summed E-state index contributed by atoms with van der Waals surface area (Å²) in [5.74, 6) is -0.108. The van der Waals surface area contributed by atoms with Gasteiger partial charge in [0.25, 0.3) is 0 Å². The molecule has 0 bridgehead atoms. The summed E-state index contributed by atoms with van der Waals surface area (Å²) in [6.07, 6.45) is 1.57. The summed E-state index contributed by atoms with van der Waals surface area (Å²) >= 11 is 0. The van der Waals surface area contributed by atoms with E-state index < -0.39 is 6.04 Å². The molecule has 0 spiro atoms. The number of Topliss-reactive ketones (excluding diaryl/α,β-unsaturated/α-hetero) is 1. The molecule has 1 rings (SSSR count). The van der Waals surface area contributed by atoms with Crippen LogP contribution in [0.2, 0.25) is 0 Å². The van der Waals surface area contributed by atoms with E-state index in [9.17, 15) is 9.59 Å². The molecular formula is C11H21N3O2. The second kappa shape index (κ2) is 5.41. The van der Waals surface area contributed by atoms with Crippen molar-refractivity contribution in [2.24, 2.45) is 17.4 Å². The molecule has 5 nitrogen and oxygen atoms in total. The Morgan fingerprint density at radius 1 is 1.44 bits per heavy atom. The van der Waals surface area contributed by atoms with Crippen LogP contribution >= 0.6 is 0 Å². The molecule has 16 heavy (non-hydrogen) atoms. The lowest BCUT2D eigenvalue weighted by Crippen LogP contribution is -2.51. The normalized spacial score (nSPS) is 22.6. The summed E-state index contributed by atoms with van der Waals surface area (Å²) in [6.45, 7) is 4.41. The van der Waals surface area contributed by atoms with Crippen LogP contribution in [0.15, 0.2) is 0 Å². The van der Waals surface area contributed by atoms with Gasteiger partial charge in [0.1, 0.15) is 0 Å². The zero-order valence-electron chi connectivity index (χ0n) is 9.98. The number of hydrogen-bond donors (Lipinski definition) is 2. The van der Waals surface area contributed by atoms with E-state index in [1.165, 1.54) is 0 Å². The molecule has 0 saturated carbocycles.